The highest BCUT2D eigenvalue weighted by molar-refractivity contribution is 7.80. The van der Waals surface area contributed by atoms with Crippen LogP contribution in [0.2, 0.25) is 0 Å². The van der Waals surface area contributed by atoms with Gasteiger partial charge in [-0.15, -0.1) is 0 Å². The maximum Gasteiger partial charge on any atom is 0.308 e. The van der Waals surface area contributed by atoms with Gasteiger partial charge in [0.15, 0.2) is 10.9 Å². The van der Waals surface area contributed by atoms with Crippen LogP contribution in [0.25, 0.3) is 0 Å². The lowest BCUT2D eigenvalue weighted by Crippen LogP contribution is -2.61. The molecule has 4 rings (SSSR count). The lowest BCUT2D eigenvalue weighted by molar-refractivity contribution is -0.149. The molecule has 3 aliphatic rings. The highest BCUT2D eigenvalue weighted by Crippen LogP contribution is 2.33. The fraction of sp³-hybridized carbons (Fsp3) is 0.577. The van der Waals surface area contributed by atoms with E-state index >= 15 is 0 Å². The highest BCUT2D eigenvalue weighted by atomic mass is 32.1. The molecule has 1 aliphatic carbocycles. The van der Waals surface area contributed by atoms with Gasteiger partial charge in [-0.2, -0.15) is 0 Å². The Balaban J connectivity index is 1.21. The van der Waals surface area contributed by atoms with E-state index in [9.17, 15) is 19.2 Å². The minimum atomic E-state index is -0.235. The van der Waals surface area contributed by atoms with E-state index in [4.69, 9.17) is 17.0 Å². The molecule has 2 aliphatic heterocycles. The van der Waals surface area contributed by atoms with Gasteiger partial charge in [0.05, 0.1) is 18.9 Å². The second-order valence-electron chi connectivity index (χ2n) is 9.76. The molecule has 2 heterocycles. The summed E-state index contributed by atoms with van der Waals surface area (Å²) in [6.45, 7) is 4.71. The molecule has 0 radical (unpaired) electrons. The molecule has 36 heavy (non-hydrogen) atoms. The minimum Gasteiger partial charge on any atom is -0.469 e. The van der Waals surface area contributed by atoms with Gasteiger partial charge in [-0.1, -0.05) is 0 Å². The average molecular weight is 515 g/mol. The van der Waals surface area contributed by atoms with Crippen molar-refractivity contribution in [1.29, 1.82) is 0 Å². The third-order valence-corrected chi connectivity index (χ3v) is 7.90. The van der Waals surface area contributed by atoms with Gasteiger partial charge in [0, 0.05) is 56.4 Å². The van der Waals surface area contributed by atoms with Crippen molar-refractivity contribution < 1.29 is 23.9 Å². The largest absolute Gasteiger partial charge is 0.469 e. The van der Waals surface area contributed by atoms with Crippen molar-refractivity contribution >= 4 is 46.6 Å². The van der Waals surface area contributed by atoms with E-state index in [1.165, 1.54) is 7.11 Å². The molecule has 3 atom stereocenters. The van der Waals surface area contributed by atoms with Crippen LogP contribution in [0.4, 0.5) is 5.69 Å². The molecule has 1 aromatic carbocycles. The molecule has 1 N–H and O–H groups in total. The molecule has 0 spiro atoms. The number of carbonyl (C=O) groups is 4. The van der Waals surface area contributed by atoms with Gasteiger partial charge in [-0.3, -0.25) is 24.1 Å². The number of fused-ring (bicyclic) bond motifs is 1. The van der Waals surface area contributed by atoms with E-state index in [2.05, 4.69) is 10.2 Å². The third kappa shape index (κ3) is 5.69. The molecule has 2 amide bonds. The van der Waals surface area contributed by atoms with E-state index in [1.54, 1.807) is 11.8 Å². The fourth-order valence-electron chi connectivity index (χ4n) is 5.42. The van der Waals surface area contributed by atoms with Crippen molar-refractivity contribution in [3.8, 4) is 0 Å². The lowest BCUT2D eigenvalue weighted by atomic mass is 9.76. The number of carbonyl (C=O) groups excluding carboxylic acids is 4. The van der Waals surface area contributed by atoms with Gasteiger partial charge in [-0.25, -0.2) is 0 Å². The predicted molar refractivity (Wildman–Crippen MR) is 139 cm³/mol. The smallest absolute Gasteiger partial charge is 0.308 e. The number of Topliss-reactive ketones (excluding diaryl/α,β-unsaturated/α-hetero) is 1. The quantitative estimate of drug-likeness (QED) is 0.335. The van der Waals surface area contributed by atoms with Gasteiger partial charge in [-0.05, 0) is 69.1 Å². The second-order valence-corrected chi connectivity index (χ2v) is 10.1. The lowest BCUT2D eigenvalue weighted by Gasteiger charge is -2.43. The summed E-state index contributed by atoms with van der Waals surface area (Å²) in [5.74, 6) is -0.521. The summed E-state index contributed by atoms with van der Waals surface area (Å²) < 4.78 is 4.87. The Labute approximate surface area is 217 Å². The Morgan fingerprint density at radius 1 is 1.08 bits per heavy atom. The number of rotatable bonds is 7. The maximum atomic E-state index is 13.1. The summed E-state index contributed by atoms with van der Waals surface area (Å²) in [7, 11) is 1.39. The standard InChI is InChI=1S/C26H34N4O5S/c1-17(31)18-5-8-20(9-6-18)28-12-14-29(15-13-28)23(32)4-3-11-30-24(33)21-10-7-19(25(34)35-2)16-22(21)27-26(30)36/h5-6,8-9,19,21-22H,3-4,7,10-16H2,1-2H3,(H,27,36). The van der Waals surface area contributed by atoms with Gasteiger partial charge < -0.3 is 19.9 Å². The number of anilines is 1. The number of hydrogen-bond donors (Lipinski definition) is 1. The Morgan fingerprint density at radius 3 is 2.42 bits per heavy atom. The number of piperazine rings is 1. The first-order valence-electron chi connectivity index (χ1n) is 12.6. The Kier molecular flexibility index (Phi) is 8.23. The van der Waals surface area contributed by atoms with Crippen LogP contribution in [0.1, 0.15) is 49.4 Å². The van der Waals surface area contributed by atoms with Crippen LogP contribution in [0.3, 0.4) is 0 Å². The van der Waals surface area contributed by atoms with E-state index in [0.717, 1.165) is 18.8 Å². The van der Waals surface area contributed by atoms with Crippen molar-refractivity contribution in [2.75, 3.05) is 44.7 Å². The van der Waals surface area contributed by atoms with Crippen LogP contribution in [-0.2, 0) is 19.1 Å². The Morgan fingerprint density at radius 2 is 1.78 bits per heavy atom. The number of amides is 2. The van der Waals surface area contributed by atoms with Gasteiger partial charge in [0.25, 0.3) is 0 Å². The van der Waals surface area contributed by atoms with Crippen molar-refractivity contribution in [3.63, 3.8) is 0 Å². The molecular formula is C26H34N4O5S. The molecule has 3 unspecified atom stereocenters. The van der Waals surface area contributed by atoms with Gasteiger partial charge >= 0.3 is 5.97 Å². The molecule has 1 aromatic rings. The Bertz CT molecular complexity index is 1020. The van der Waals surface area contributed by atoms with Crippen molar-refractivity contribution in [2.24, 2.45) is 11.8 Å². The van der Waals surface area contributed by atoms with E-state index < -0.39 is 0 Å². The van der Waals surface area contributed by atoms with Crippen LogP contribution < -0.4 is 10.2 Å². The van der Waals surface area contributed by atoms with Crippen molar-refractivity contribution in [3.05, 3.63) is 29.8 Å². The van der Waals surface area contributed by atoms with Gasteiger partial charge in [0.2, 0.25) is 11.8 Å². The molecule has 194 valence electrons. The number of methoxy groups -OCH3 is 1. The first-order chi connectivity index (χ1) is 17.3. The molecule has 2 saturated heterocycles. The summed E-state index contributed by atoms with van der Waals surface area (Å²) in [6, 6.07) is 7.43. The van der Waals surface area contributed by atoms with E-state index in [-0.39, 0.29) is 41.4 Å². The van der Waals surface area contributed by atoms with Crippen LogP contribution in [0, 0.1) is 11.8 Å². The summed E-state index contributed by atoms with van der Waals surface area (Å²) in [5, 5.41) is 3.63. The molecule has 9 nitrogen and oxygen atoms in total. The molecule has 0 aromatic heterocycles. The average Bonchev–Trinajstić information content (AvgIpc) is 2.89. The zero-order chi connectivity index (χ0) is 25.8. The van der Waals surface area contributed by atoms with E-state index in [1.807, 2.05) is 29.2 Å². The summed E-state index contributed by atoms with van der Waals surface area (Å²) in [4.78, 5) is 54.9. The predicted octanol–water partition coefficient (Wildman–Crippen LogP) is 1.99. The number of ketones is 1. The number of esters is 1. The summed E-state index contributed by atoms with van der Waals surface area (Å²) >= 11 is 5.45. The Hall–Kier alpha value is -3.01. The maximum absolute atomic E-state index is 13.1. The summed E-state index contributed by atoms with van der Waals surface area (Å²) in [6.07, 6.45) is 2.70. The molecule has 10 heteroatoms. The normalized spacial score (nSPS) is 24.2. The molecular weight excluding hydrogens is 480 g/mol. The number of nitrogens with one attached hydrogen (secondary N) is 1. The van der Waals surface area contributed by atoms with Crippen molar-refractivity contribution in [2.45, 2.75) is 45.1 Å². The van der Waals surface area contributed by atoms with Crippen LogP contribution in [-0.4, -0.2) is 84.4 Å². The number of thiocarbonyl (C=S) groups is 1. The number of benzene rings is 1. The topological polar surface area (TPSA) is 99.3 Å². The number of nitrogens with zero attached hydrogens (tertiary/aromatic N) is 3. The monoisotopic (exact) mass is 514 g/mol. The highest BCUT2D eigenvalue weighted by Gasteiger charge is 2.44. The third-order valence-electron chi connectivity index (χ3n) is 7.57. The van der Waals surface area contributed by atoms with Crippen LogP contribution in [0.15, 0.2) is 24.3 Å². The van der Waals surface area contributed by atoms with Crippen LogP contribution in [0.5, 0.6) is 0 Å². The number of hydrogen-bond acceptors (Lipinski definition) is 7. The first-order valence-corrected chi connectivity index (χ1v) is 13.0. The molecule has 1 saturated carbocycles. The first kappa shape index (κ1) is 26.1. The zero-order valence-corrected chi connectivity index (χ0v) is 21.7. The molecule has 3 fully saturated rings. The minimum absolute atomic E-state index is 0.0103. The SMILES string of the molecule is COC(=O)C1CCC2C(=O)N(CCCC(=O)N3CCN(c4ccc(C(C)=O)cc4)CC3)C(=S)NC2C1. The van der Waals surface area contributed by atoms with Crippen molar-refractivity contribution in [1.82, 2.24) is 15.1 Å². The van der Waals surface area contributed by atoms with E-state index in [0.29, 0.717) is 62.4 Å². The zero-order valence-electron chi connectivity index (χ0n) is 20.9. The number of ether oxygens (including phenoxy) is 1. The van der Waals surface area contributed by atoms with Crippen LogP contribution >= 0.6 is 12.2 Å². The molecule has 0 bridgehead atoms. The van der Waals surface area contributed by atoms with Gasteiger partial charge in [0.1, 0.15) is 0 Å². The summed E-state index contributed by atoms with van der Waals surface area (Å²) in [5.41, 5.74) is 1.74. The second kappa shape index (κ2) is 11.4. The fourth-order valence-corrected chi connectivity index (χ4v) is 5.76.